The molecule has 0 bridgehead atoms. The number of hydrogen-bond acceptors (Lipinski definition) is 5. The summed E-state index contributed by atoms with van der Waals surface area (Å²) in [4.78, 5) is 4.23. The van der Waals surface area contributed by atoms with Gasteiger partial charge in [0, 0.05) is 31.3 Å². The fourth-order valence-electron chi connectivity index (χ4n) is 2.28. The Morgan fingerprint density at radius 2 is 1.82 bits per heavy atom. The highest BCUT2D eigenvalue weighted by molar-refractivity contribution is 5.45. The van der Waals surface area contributed by atoms with Crippen molar-refractivity contribution in [3.63, 3.8) is 0 Å². The van der Waals surface area contributed by atoms with Gasteiger partial charge >= 0.3 is 0 Å². The van der Waals surface area contributed by atoms with Crippen molar-refractivity contribution in [3.8, 4) is 0 Å². The Kier molecular flexibility index (Phi) is 4.28. The minimum absolute atomic E-state index is 0.0503. The van der Waals surface area contributed by atoms with Gasteiger partial charge in [0.05, 0.1) is 12.2 Å². The van der Waals surface area contributed by atoms with Gasteiger partial charge in [-0.25, -0.2) is 13.2 Å². The van der Waals surface area contributed by atoms with Gasteiger partial charge in [0.2, 0.25) is 5.89 Å². The van der Waals surface area contributed by atoms with Crippen molar-refractivity contribution < 1.29 is 22.4 Å². The zero-order valence-electron chi connectivity index (χ0n) is 11.6. The lowest BCUT2D eigenvalue weighted by molar-refractivity contribution is 0.0778. The molecule has 1 N–H and O–H groups in total. The average Bonchev–Trinajstić information content (AvgIpc) is 2.99. The summed E-state index contributed by atoms with van der Waals surface area (Å²) in [5, 5.41) is 6.42. The zero-order valence-corrected chi connectivity index (χ0v) is 11.6. The quantitative estimate of drug-likeness (QED) is 0.879. The van der Waals surface area contributed by atoms with E-state index in [-0.39, 0.29) is 18.2 Å². The molecule has 1 aliphatic heterocycles. The molecule has 0 aliphatic carbocycles. The molecule has 0 saturated carbocycles. The average molecular weight is 313 g/mol. The van der Waals surface area contributed by atoms with Gasteiger partial charge in [0.15, 0.2) is 17.5 Å². The van der Waals surface area contributed by atoms with Gasteiger partial charge in [0.1, 0.15) is 5.82 Å². The molecule has 1 aliphatic rings. The Balaban J connectivity index is 1.64. The van der Waals surface area contributed by atoms with Crippen molar-refractivity contribution in [2.75, 3.05) is 18.5 Å². The molecule has 0 unspecified atom stereocenters. The van der Waals surface area contributed by atoms with Gasteiger partial charge < -0.3 is 14.6 Å². The Bertz CT molecular complexity index is 657. The fourth-order valence-corrected chi connectivity index (χ4v) is 2.28. The minimum Gasteiger partial charge on any atom is -0.381 e. The maximum absolute atomic E-state index is 13.5. The molecule has 0 amide bonds. The lowest BCUT2D eigenvalue weighted by atomic mass is 10.0. The molecule has 1 aromatic carbocycles. The summed E-state index contributed by atoms with van der Waals surface area (Å²) in [6.07, 6.45) is 1.62. The first-order chi connectivity index (χ1) is 10.6. The summed E-state index contributed by atoms with van der Waals surface area (Å²) in [5.41, 5.74) is -0.156. The Morgan fingerprint density at radius 1 is 1.09 bits per heavy atom. The van der Waals surface area contributed by atoms with Crippen LogP contribution < -0.4 is 5.32 Å². The van der Waals surface area contributed by atoms with Crippen LogP contribution in [0.2, 0.25) is 0 Å². The van der Waals surface area contributed by atoms with Crippen molar-refractivity contribution in [2.24, 2.45) is 0 Å². The molecule has 1 aromatic heterocycles. The lowest BCUT2D eigenvalue weighted by Gasteiger charge is -2.17. The molecule has 22 heavy (non-hydrogen) atoms. The summed E-state index contributed by atoms with van der Waals surface area (Å²) in [5.74, 6) is -2.23. The molecule has 0 atom stereocenters. The van der Waals surface area contributed by atoms with Gasteiger partial charge in [0.25, 0.3) is 0 Å². The van der Waals surface area contributed by atoms with E-state index in [2.05, 4.69) is 15.5 Å². The van der Waals surface area contributed by atoms with E-state index in [0.29, 0.717) is 31.0 Å². The molecule has 2 aromatic rings. The maximum Gasteiger partial charge on any atom is 0.229 e. The van der Waals surface area contributed by atoms with E-state index >= 15 is 0 Å². The van der Waals surface area contributed by atoms with Gasteiger partial charge in [-0.3, -0.25) is 0 Å². The number of nitrogens with zero attached hydrogens (tertiary/aromatic N) is 2. The fraction of sp³-hybridized carbons (Fsp3) is 0.429. The Morgan fingerprint density at radius 3 is 2.59 bits per heavy atom. The topological polar surface area (TPSA) is 60.2 Å². The van der Waals surface area contributed by atoms with Crippen molar-refractivity contribution in [3.05, 3.63) is 41.3 Å². The minimum atomic E-state index is -1.23. The van der Waals surface area contributed by atoms with E-state index in [4.69, 9.17) is 9.26 Å². The second-order valence-corrected chi connectivity index (χ2v) is 5.04. The normalized spacial score (nSPS) is 16.0. The summed E-state index contributed by atoms with van der Waals surface area (Å²) >= 11 is 0. The van der Waals surface area contributed by atoms with E-state index < -0.39 is 17.5 Å². The van der Waals surface area contributed by atoms with Gasteiger partial charge in [-0.1, -0.05) is 5.16 Å². The number of halogens is 3. The van der Waals surface area contributed by atoms with E-state index in [9.17, 15) is 13.2 Å². The summed E-state index contributed by atoms with van der Waals surface area (Å²) < 4.78 is 49.8. The molecule has 8 heteroatoms. The van der Waals surface area contributed by atoms with Crippen LogP contribution in [0.1, 0.15) is 30.5 Å². The number of benzene rings is 1. The monoisotopic (exact) mass is 313 g/mol. The number of rotatable bonds is 4. The molecule has 0 radical (unpaired) electrons. The molecule has 1 saturated heterocycles. The smallest absolute Gasteiger partial charge is 0.229 e. The second kappa shape index (κ2) is 6.35. The highest BCUT2D eigenvalue weighted by Gasteiger charge is 2.22. The predicted molar refractivity (Wildman–Crippen MR) is 70.7 cm³/mol. The number of ether oxygens (including phenoxy) is 1. The molecule has 118 valence electrons. The van der Waals surface area contributed by atoms with Gasteiger partial charge in [-0.05, 0) is 12.8 Å². The van der Waals surface area contributed by atoms with Crippen LogP contribution in [0.3, 0.4) is 0 Å². The van der Waals surface area contributed by atoms with E-state index in [1.165, 1.54) is 0 Å². The SMILES string of the molecule is Fc1cc(F)c(NCc2noc(C3CCOCC3)n2)cc1F. The van der Waals surface area contributed by atoms with Crippen molar-refractivity contribution in [1.82, 2.24) is 10.1 Å². The second-order valence-electron chi connectivity index (χ2n) is 5.04. The van der Waals surface area contributed by atoms with Crippen LogP contribution in [0.5, 0.6) is 0 Å². The van der Waals surface area contributed by atoms with Gasteiger partial charge in [-0.15, -0.1) is 0 Å². The molecular weight excluding hydrogens is 299 g/mol. The molecule has 0 spiro atoms. The van der Waals surface area contributed by atoms with Crippen molar-refractivity contribution in [1.29, 1.82) is 0 Å². The predicted octanol–water partition coefficient (Wildman–Crippen LogP) is 2.99. The molecular formula is C14H14F3N3O2. The summed E-state index contributed by atoms with van der Waals surface area (Å²) in [7, 11) is 0. The highest BCUT2D eigenvalue weighted by atomic mass is 19.2. The third-order valence-electron chi connectivity index (χ3n) is 3.50. The third kappa shape index (κ3) is 3.22. The maximum atomic E-state index is 13.5. The van der Waals surface area contributed by atoms with Crippen molar-refractivity contribution in [2.45, 2.75) is 25.3 Å². The molecule has 1 fully saturated rings. The van der Waals surface area contributed by atoms with Crippen LogP contribution in [-0.4, -0.2) is 23.4 Å². The third-order valence-corrected chi connectivity index (χ3v) is 3.50. The van der Waals surface area contributed by atoms with E-state index in [1.54, 1.807) is 0 Å². The number of anilines is 1. The van der Waals surface area contributed by atoms with Crippen LogP contribution in [-0.2, 0) is 11.3 Å². The zero-order chi connectivity index (χ0) is 15.5. The number of nitrogens with one attached hydrogen (secondary N) is 1. The first-order valence-electron chi connectivity index (χ1n) is 6.92. The number of hydrogen-bond donors (Lipinski definition) is 1. The summed E-state index contributed by atoms with van der Waals surface area (Å²) in [6, 6.07) is 1.24. The Hall–Kier alpha value is -2.09. The van der Waals surface area contributed by atoms with Crippen LogP contribution in [0.4, 0.5) is 18.9 Å². The van der Waals surface area contributed by atoms with Gasteiger partial charge in [-0.2, -0.15) is 4.98 Å². The first kappa shape index (κ1) is 14.8. The molecule has 2 heterocycles. The highest BCUT2D eigenvalue weighted by Crippen LogP contribution is 2.25. The number of aromatic nitrogens is 2. The largest absolute Gasteiger partial charge is 0.381 e. The summed E-state index contributed by atoms with van der Waals surface area (Å²) in [6.45, 7) is 1.36. The molecule has 3 rings (SSSR count). The lowest BCUT2D eigenvalue weighted by Crippen LogP contribution is -2.14. The van der Waals surface area contributed by atoms with E-state index in [0.717, 1.165) is 18.9 Å². The van der Waals surface area contributed by atoms with E-state index in [1.807, 2.05) is 0 Å². The van der Waals surface area contributed by atoms with Crippen LogP contribution in [0.15, 0.2) is 16.7 Å². The Labute approximate surface area is 124 Å². The van der Waals surface area contributed by atoms with Crippen LogP contribution in [0.25, 0.3) is 0 Å². The van der Waals surface area contributed by atoms with Crippen LogP contribution in [0, 0.1) is 17.5 Å². The van der Waals surface area contributed by atoms with Crippen LogP contribution >= 0.6 is 0 Å². The first-order valence-corrected chi connectivity index (χ1v) is 6.92. The standard InChI is InChI=1S/C14H14F3N3O2/c15-9-5-11(17)12(6-10(9)16)18-7-13-19-14(22-20-13)8-1-3-21-4-2-8/h5-6,8,18H,1-4,7H2. The molecule has 5 nitrogen and oxygen atoms in total. The van der Waals surface area contributed by atoms with Crippen molar-refractivity contribution >= 4 is 5.69 Å².